The van der Waals surface area contributed by atoms with Crippen LogP contribution in [-0.4, -0.2) is 11.1 Å². The lowest BCUT2D eigenvalue weighted by molar-refractivity contribution is -0.143. The molecule has 0 aromatic carbocycles. The molecule has 1 saturated carbocycles. The molecular formula is C11H20O2. The first kappa shape index (κ1) is 10.6. The maximum Gasteiger partial charge on any atom is 0.309 e. The number of carbonyl (C=O) groups is 1. The van der Waals surface area contributed by atoms with E-state index in [4.69, 9.17) is 5.11 Å². The average Bonchev–Trinajstić information content (AvgIpc) is 2.73. The van der Waals surface area contributed by atoms with Gasteiger partial charge in [-0.1, -0.05) is 32.6 Å². The number of unbranched alkanes of at least 4 members (excludes halogenated alkanes) is 3. The fraction of sp³-hybridized carbons (Fsp3) is 0.909. The molecule has 0 heterocycles. The minimum atomic E-state index is -0.604. The van der Waals surface area contributed by atoms with Crippen molar-refractivity contribution in [3.8, 4) is 0 Å². The zero-order valence-corrected chi connectivity index (χ0v) is 8.68. The summed E-state index contributed by atoms with van der Waals surface area (Å²) in [5.41, 5.74) is -0.369. The highest BCUT2D eigenvalue weighted by molar-refractivity contribution is 5.77. The van der Waals surface area contributed by atoms with Crippen LogP contribution in [0.25, 0.3) is 0 Å². The molecule has 13 heavy (non-hydrogen) atoms. The van der Waals surface area contributed by atoms with Crippen LogP contribution >= 0.6 is 0 Å². The van der Waals surface area contributed by atoms with Crippen molar-refractivity contribution < 1.29 is 9.90 Å². The van der Waals surface area contributed by atoms with Gasteiger partial charge in [-0.2, -0.15) is 0 Å². The van der Waals surface area contributed by atoms with Crippen LogP contribution in [-0.2, 0) is 4.79 Å². The van der Waals surface area contributed by atoms with E-state index in [0.29, 0.717) is 5.92 Å². The Morgan fingerprint density at radius 3 is 2.62 bits per heavy atom. The van der Waals surface area contributed by atoms with Gasteiger partial charge in [-0.25, -0.2) is 0 Å². The van der Waals surface area contributed by atoms with Gasteiger partial charge in [0.05, 0.1) is 5.41 Å². The van der Waals surface area contributed by atoms with Gasteiger partial charge in [0, 0.05) is 0 Å². The van der Waals surface area contributed by atoms with Crippen molar-refractivity contribution >= 4 is 5.97 Å². The van der Waals surface area contributed by atoms with Crippen molar-refractivity contribution in [1.82, 2.24) is 0 Å². The second kappa shape index (κ2) is 4.12. The summed E-state index contributed by atoms with van der Waals surface area (Å²) in [4.78, 5) is 10.8. The van der Waals surface area contributed by atoms with Gasteiger partial charge >= 0.3 is 5.97 Å². The zero-order chi connectivity index (χ0) is 9.90. The molecule has 0 bridgehead atoms. The number of hydrogen-bond donors (Lipinski definition) is 1. The fourth-order valence-electron chi connectivity index (χ4n) is 1.95. The third kappa shape index (κ3) is 2.45. The second-order valence-electron chi connectivity index (χ2n) is 4.47. The Labute approximate surface area is 80.3 Å². The van der Waals surface area contributed by atoms with Crippen LogP contribution in [0.4, 0.5) is 0 Å². The van der Waals surface area contributed by atoms with E-state index in [9.17, 15) is 4.79 Å². The summed E-state index contributed by atoms with van der Waals surface area (Å²) in [6.45, 7) is 4.07. The highest BCUT2D eigenvalue weighted by atomic mass is 16.4. The van der Waals surface area contributed by atoms with Crippen LogP contribution in [0.1, 0.15) is 52.4 Å². The van der Waals surface area contributed by atoms with Gasteiger partial charge in [0.1, 0.15) is 0 Å². The van der Waals surface area contributed by atoms with E-state index in [1.807, 2.05) is 6.92 Å². The first-order chi connectivity index (χ1) is 6.11. The van der Waals surface area contributed by atoms with Gasteiger partial charge in [0.2, 0.25) is 0 Å². The number of aliphatic carboxylic acids is 1. The molecule has 2 heteroatoms. The summed E-state index contributed by atoms with van der Waals surface area (Å²) in [6, 6.07) is 0. The molecule has 2 atom stereocenters. The maximum absolute atomic E-state index is 10.8. The van der Waals surface area contributed by atoms with E-state index < -0.39 is 5.97 Å². The summed E-state index contributed by atoms with van der Waals surface area (Å²) in [6.07, 6.45) is 7.03. The van der Waals surface area contributed by atoms with Crippen molar-refractivity contribution in [2.75, 3.05) is 0 Å². The molecule has 76 valence electrons. The molecule has 0 amide bonds. The normalized spacial score (nSPS) is 31.7. The molecule has 1 aliphatic carbocycles. The minimum absolute atomic E-state index is 0.369. The van der Waals surface area contributed by atoms with Gasteiger partial charge in [0.15, 0.2) is 0 Å². The van der Waals surface area contributed by atoms with Crippen molar-refractivity contribution in [3.05, 3.63) is 0 Å². The monoisotopic (exact) mass is 184 g/mol. The first-order valence-electron chi connectivity index (χ1n) is 5.34. The largest absolute Gasteiger partial charge is 0.481 e. The Morgan fingerprint density at radius 2 is 2.15 bits per heavy atom. The van der Waals surface area contributed by atoms with E-state index >= 15 is 0 Å². The summed E-state index contributed by atoms with van der Waals surface area (Å²) in [5.74, 6) is -0.144. The third-order valence-corrected chi connectivity index (χ3v) is 3.31. The van der Waals surface area contributed by atoms with Crippen molar-refractivity contribution in [3.63, 3.8) is 0 Å². The summed E-state index contributed by atoms with van der Waals surface area (Å²) in [7, 11) is 0. The number of carboxylic acid groups (broad SMARTS) is 1. The highest BCUT2D eigenvalue weighted by Crippen LogP contribution is 2.54. The van der Waals surface area contributed by atoms with E-state index in [0.717, 1.165) is 12.8 Å². The molecule has 1 N–H and O–H groups in total. The van der Waals surface area contributed by atoms with E-state index in [-0.39, 0.29) is 5.41 Å². The van der Waals surface area contributed by atoms with Crippen LogP contribution in [0, 0.1) is 11.3 Å². The van der Waals surface area contributed by atoms with E-state index in [2.05, 4.69) is 6.92 Å². The molecule has 0 radical (unpaired) electrons. The third-order valence-electron chi connectivity index (χ3n) is 3.31. The summed E-state index contributed by atoms with van der Waals surface area (Å²) >= 11 is 0. The van der Waals surface area contributed by atoms with Gasteiger partial charge in [0.25, 0.3) is 0 Å². The molecule has 1 fully saturated rings. The molecule has 1 rings (SSSR count). The molecule has 0 aromatic rings. The lowest BCUT2D eigenvalue weighted by Gasteiger charge is -2.04. The van der Waals surface area contributed by atoms with Crippen LogP contribution in [0.3, 0.4) is 0 Å². The predicted octanol–water partition coefficient (Wildman–Crippen LogP) is 3.07. The number of carboxylic acids is 1. The molecule has 0 spiro atoms. The minimum Gasteiger partial charge on any atom is -0.481 e. The zero-order valence-electron chi connectivity index (χ0n) is 8.68. The van der Waals surface area contributed by atoms with Gasteiger partial charge < -0.3 is 5.11 Å². The molecule has 0 saturated heterocycles. The van der Waals surface area contributed by atoms with E-state index in [1.165, 1.54) is 25.7 Å². The standard InChI is InChI=1S/C11H20O2/c1-3-4-5-6-7-9-8-11(9,2)10(12)13/h9H,3-8H2,1-2H3,(H,12,13)/t9-,11-/m1/s1. The van der Waals surface area contributed by atoms with Crippen molar-refractivity contribution in [2.45, 2.75) is 52.4 Å². The first-order valence-corrected chi connectivity index (χ1v) is 5.34. The van der Waals surface area contributed by atoms with Crippen molar-refractivity contribution in [1.29, 1.82) is 0 Å². The summed E-state index contributed by atoms with van der Waals surface area (Å²) < 4.78 is 0. The van der Waals surface area contributed by atoms with Crippen molar-refractivity contribution in [2.24, 2.45) is 11.3 Å². The smallest absolute Gasteiger partial charge is 0.309 e. The quantitative estimate of drug-likeness (QED) is 0.644. The summed E-state index contributed by atoms with van der Waals surface area (Å²) in [5, 5.41) is 8.89. The number of rotatable bonds is 6. The molecular weight excluding hydrogens is 164 g/mol. The maximum atomic E-state index is 10.8. The SMILES string of the molecule is CCCCCC[C@@H]1C[C@@]1(C)C(=O)O. The highest BCUT2D eigenvalue weighted by Gasteiger charge is 2.55. The molecule has 0 unspecified atom stereocenters. The molecule has 0 aliphatic heterocycles. The van der Waals surface area contributed by atoms with Crippen LogP contribution < -0.4 is 0 Å². The van der Waals surface area contributed by atoms with Crippen LogP contribution in [0.2, 0.25) is 0 Å². The Morgan fingerprint density at radius 1 is 1.46 bits per heavy atom. The molecule has 2 nitrogen and oxygen atoms in total. The topological polar surface area (TPSA) is 37.3 Å². The lowest BCUT2D eigenvalue weighted by Crippen LogP contribution is -2.12. The van der Waals surface area contributed by atoms with E-state index in [1.54, 1.807) is 0 Å². The second-order valence-corrected chi connectivity index (χ2v) is 4.47. The Kier molecular flexibility index (Phi) is 3.34. The molecule has 1 aliphatic rings. The molecule has 0 aromatic heterocycles. The van der Waals surface area contributed by atoms with Gasteiger partial charge in [-0.15, -0.1) is 0 Å². The van der Waals surface area contributed by atoms with Crippen LogP contribution in [0.5, 0.6) is 0 Å². The Bertz CT molecular complexity index is 189. The lowest BCUT2D eigenvalue weighted by atomic mass is 10.0. The Balaban J connectivity index is 2.10. The van der Waals surface area contributed by atoms with Gasteiger partial charge in [-0.05, 0) is 25.7 Å². The van der Waals surface area contributed by atoms with Crippen LogP contribution in [0.15, 0.2) is 0 Å². The average molecular weight is 184 g/mol. The number of hydrogen-bond acceptors (Lipinski definition) is 1. The predicted molar refractivity (Wildman–Crippen MR) is 52.6 cm³/mol. The fourth-order valence-corrected chi connectivity index (χ4v) is 1.95. The Hall–Kier alpha value is -0.530. The van der Waals surface area contributed by atoms with Gasteiger partial charge in [-0.3, -0.25) is 4.79 Å².